The molecule has 0 spiro atoms. The zero-order valence-electron chi connectivity index (χ0n) is 8.98. The van der Waals surface area contributed by atoms with Crippen molar-refractivity contribution in [3.8, 4) is 0 Å². The van der Waals surface area contributed by atoms with Gasteiger partial charge in [-0.2, -0.15) is 0 Å². The Morgan fingerprint density at radius 3 is 2.93 bits per heavy atom. The molecular weight excluding hydrogens is 194 g/mol. The first-order valence-electron chi connectivity index (χ1n) is 4.94. The van der Waals surface area contributed by atoms with Gasteiger partial charge in [-0.3, -0.25) is 0 Å². The highest BCUT2D eigenvalue weighted by Gasteiger charge is 1.98. The molecule has 5 nitrogen and oxygen atoms in total. The van der Waals surface area contributed by atoms with Crippen LogP contribution in [-0.4, -0.2) is 36.9 Å². The number of rotatable bonds is 7. The summed E-state index contributed by atoms with van der Waals surface area (Å²) in [6.07, 6.45) is 2.43. The molecule has 2 N–H and O–H groups in total. The molecule has 0 amide bonds. The van der Waals surface area contributed by atoms with E-state index >= 15 is 0 Å². The van der Waals surface area contributed by atoms with Crippen LogP contribution in [0.4, 0.5) is 0 Å². The summed E-state index contributed by atoms with van der Waals surface area (Å²) in [5.74, 6) is 0.773. The van der Waals surface area contributed by atoms with E-state index in [2.05, 4.69) is 9.97 Å². The van der Waals surface area contributed by atoms with E-state index in [0.717, 1.165) is 11.5 Å². The maximum atomic E-state index is 5.48. The summed E-state index contributed by atoms with van der Waals surface area (Å²) in [6.45, 7) is 2.27. The van der Waals surface area contributed by atoms with Gasteiger partial charge in [-0.15, -0.1) is 0 Å². The topological polar surface area (TPSA) is 70.3 Å². The molecule has 0 saturated heterocycles. The molecule has 1 aromatic heterocycles. The van der Waals surface area contributed by atoms with Gasteiger partial charge in [0, 0.05) is 26.3 Å². The van der Waals surface area contributed by atoms with Crippen molar-refractivity contribution in [1.29, 1.82) is 0 Å². The summed E-state index contributed by atoms with van der Waals surface area (Å²) in [5.41, 5.74) is 6.33. The zero-order valence-corrected chi connectivity index (χ0v) is 8.98. The Bertz CT molecular complexity index is 281. The first-order chi connectivity index (χ1) is 7.36. The first-order valence-corrected chi connectivity index (χ1v) is 4.94. The smallest absolute Gasteiger partial charge is 0.130 e. The Labute approximate surface area is 89.6 Å². The van der Waals surface area contributed by atoms with Gasteiger partial charge in [-0.1, -0.05) is 0 Å². The van der Waals surface area contributed by atoms with Crippen LogP contribution in [0.5, 0.6) is 0 Å². The minimum absolute atomic E-state index is 0.444. The molecule has 84 valence electrons. The zero-order chi connectivity index (χ0) is 10.9. The fraction of sp³-hybridized carbons (Fsp3) is 0.600. The Balaban J connectivity index is 2.24. The van der Waals surface area contributed by atoms with E-state index in [-0.39, 0.29) is 0 Å². The average molecular weight is 211 g/mol. The summed E-state index contributed by atoms with van der Waals surface area (Å²) in [6, 6.07) is 1.81. The Morgan fingerprint density at radius 2 is 2.20 bits per heavy atom. The van der Waals surface area contributed by atoms with Crippen LogP contribution in [0.1, 0.15) is 11.5 Å². The minimum atomic E-state index is 0.444. The van der Waals surface area contributed by atoms with E-state index in [4.69, 9.17) is 15.2 Å². The molecule has 0 unspecified atom stereocenters. The second-order valence-corrected chi connectivity index (χ2v) is 3.02. The van der Waals surface area contributed by atoms with Crippen LogP contribution < -0.4 is 5.73 Å². The van der Waals surface area contributed by atoms with Gasteiger partial charge in [-0.25, -0.2) is 9.97 Å². The lowest BCUT2D eigenvalue weighted by molar-refractivity contribution is 0.0716. The Kier molecular flexibility index (Phi) is 5.84. The molecule has 0 bridgehead atoms. The molecule has 1 aromatic rings. The fourth-order valence-electron chi connectivity index (χ4n) is 1.08. The van der Waals surface area contributed by atoms with Gasteiger partial charge in [0.1, 0.15) is 5.82 Å². The van der Waals surface area contributed by atoms with Gasteiger partial charge in [0.25, 0.3) is 0 Å². The van der Waals surface area contributed by atoms with Crippen molar-refractivity contribution in [2.75, 3.05) is 26.9 Å². The Morgan fingerprint density at radius 1 is 1.33 bits per heavy atom. The predicted molar refractivity (Wildman–Crippen MR) is 56.3 cm³/mol. The standard InChI is InChI=1S/C10H17N3O2/c1-14-6-7-15-5-3-10-12-4-2-9(8-11)13-10/h2,4H,3,5-8,11H2,1H3. The number of aromatic nitrogens is 2. The number of hydrogen-bond acceptors (Lipinski definition) is 5. The minimum Gasteiger partial charge on any atom is -0.382 e. The molecule has 0 atom stereocenters. The molecule has 0 fully saturated rings. The quantitative estimate of drug-likeness (QED) is 0.650. The molecular formula is C10H17N3O2. The van der Waals surface area contributed by atoms with Crippen molar-refractivity contribution in [3.63, 3.8) is 0 Å². The summed E-state index contributed by atoms with van der Waals surface area (Å²) in [4.78, 5) is 8.39. The maximum absolute atomic E-state index is 5.48. The summed E-state index contributed by atoms with van der Waals surface area (Å²) in [5, 5.41) is 0. The van der Waals surface area contributed by atoms with Gasteiger partial charge in [0.15, 0.2) is 0 Å². The number of nitrogens with zero attached hydrogens (tertiary/aromatic N) is 2. The van der Waals surface area contributed by atoms with Crippen LogP contribution in [0, 0.1) is 0 Å². The highest BCUT2D eigenvalue weighted by molar-refractivity contribution is 5.01. The molecule has 5 heteroatoms. The monoisotopic (exact) mass is 211 g/mol. The van der Waals surface area contributed by atoms with E-state index < -0.39 is 0 Å². The van der Waals surface area contributed by atoms with Crippen molar-refractivity contribution in [2.24, 2.45) is 5.73 Å². The Hall–Kier alpha value is -1.04. The molecule has 1 rings (SSSR count). The average Bonchev–Trinajstić information content (AvgIpc) is 2.29. The fourth-order valence-corrected chi connectivity index (χ4v) is 1.08. The van der Waals surface area contributed by atoms with Crippen molar-refractivity contribution in [2.45, 2.75) is 13.0 Å². The molecule has 0 radical (unpaired) electrons. The number of hydrogen-bond donors (Lipinski definition) is 1. The van der Waals surface area contributed by atoms with Crippen LogP contribution in [0.15, 0.2) is 12.3 Å². The summed E-state index contributed by atoms with van der Waals surface area (Å²) >= 11 is 0. The molecule has 0 aromatic carbocycles. The largest absolute Gasteiger partial charge is 0.382 e. The predicted octanol–water partition coefficient (Wildman–Crippen LogP) is 0.141. The summed E-state index contributed by atoms with van der Waals surface area (Å²) in [7, 11) is 1.65. The third-order valence-electron chi connectivity index (χ3n) is 1.87. The molecule has 0 aliphatic rings. The summed E-state index contributed by atoms with van der Waals surface area (Å²) < 4.78 is 10.2. The lowest BCUT2D eigenvalue weighted by Gasteiger charge is -2.03. The molecule has 0 aliphatic heterocycles. The van der Waals surface area contributed by atoms with Gasteiger partial charge < -0.3 is 15.2 Å². The number of nitrogens with two attached hydrogens (primary N) is 1. The molecule has 0 aliphatic carbocycles. The van der Waals surface area contributed by atoms with Crippen molar-refractivity contribution in [1.82, 2.24) is 9.97 Å². The van der Waals surface area contributed by atoms with Crippen molar-refractivity contribution < 1.29 is 9.47 Å². The lowest BCUT2D eigenvalue weighted by atomic mass is 10.3. The normalized spacial score (nSPS) is 10.5. The van der Waals surface area contributed by atoms with E-state index in [0.29, 0.717) is 32.8 Å². The van der Waals surface area contributed by atoms with E-state index in [1.165, 1.54) is 0 Å². The molecule has 1 heterocycles. The second kappa shape index (κ2) is 7.28. The van der Waals surface area contributed by atoms with E-state index in [9.17, 15) is 0 Å². The van der Waals surface area contributed by atoms with Crippen LogP contribution in [0.2, 0.25) is 0 Å². The van der Waals surface area contributed by atoms with Crippen LogP contribution in [0.25, 0.3) is 0 Å². The van der Waals surface area contributed by atoms with Gasteiger partial charge in [-0.05, 0) is 6.07 Å². The maximum Gasteiger partial charge on any atom is 0.130 e. The number of methoxy groups -OCH3 is 1. The lowest BCUT2D eigenvalue weighted by Crippen LogP contribution is -2.08. The number of ether oxygens (including phenoxy) is 2. The van der Waals surface area contributed by atoms with Gasteiger partial charge in [0.05, 0.1) is 25.5 Å². The van der Waals surface area contributed by atoms with Crippen molar-refractivity contribution in [3.05, 3.63) is 23.8 Å². The van der Waals surface area contributed by atoms with Crippen LogP contribution in [0.3, 0.4) is 0 Å². The van der Waals surface area contributed by atoms with Gasteiger partial charge >= 0.3 is 0 Å². The third kappa shape index (κ3) is 4.83. The highest BCUT2D eigenvalue weighted by atomic mass is 16.5. The second-order valence-electron chi connectivity index (χ2n) is 3.02. The van der Waals surface area contributed by atoms with Crippen molar-refractivity contribution >= 4 is 0 Å². The molecule has 15 heavy (non-hydrogen) atoms. The van der Waals surface area contributed by atoms with Crippen LogP contribution >= 0.6 is 0 Å². The first kappa shape index (κ1) is 12.0. The van der Waals surface area contributed by atoms with Gasteiger partial charge in [0.2, 0.25) is 0 Å². The van der Waals surface area contributed by atoms with E-state index in [1.807, 2.05) is 6.07 Å². The third-order valence-corrected chi connectivity index (χ3v) is 1.87. The molecule has 0 saturated carbocycles. The van der Waals surface area contributed by atoms with E-state index in [1.54, 1.807) is 13.3 Å². The van der Waals surface area contributed by atoms with Crippen LogP contribution in [-0.2, 0) is 22.4 Å². The highest BCUT2D eigenvalue weighted by Crippen LogP contribution is 1.95. The SMILES string of the molecule is COCCOCCc1nccc(CN)n1.